The highest BCUT2D eigenvalue weighted by Gasteiger charge is 2.27. The first-order valence-electron chi connectivity index (χ1n) is 7.77. The summed E-state index contributed by atoms with van der Waals surface area (Å²) < 4.78 is 0.852. The Kier molecular flexibility index (Phi) is 4.81. The van der Waals surface area contributed by atoms with Gasteiger partial charge >= 0.3 is 6.09 Å². The molecule has 1 amide bonds. The van der Waals surface area contributed by atoms with Gasteiger partial charge in [-0.05, 0) is 29.3 Å². The molecule has 1 saturated heterocycles. The van der Waals surface area contributed by atoms with E-state index in [0.717, 1.165) is 39.8 Å². The highest BCUT2D eigenvalue weighted by Crippen LogP contribution is 2.39. The van der Waals surface area contributed by atoms with E-state index in [0.29, 0.717) is 13.1 Å². The third-order valence-electron chi connectivity index (χ3n) is 4.05. The molecular formula is C15H20BrN5O3. The molecule has 9 heteroatoms. The van der Waals surface area contributed by atoms with Gasteiger partial charge in [-0.1, -0.05) is 0 Å². The van der Waals surface area contributed by atoms with Crippen molar-refractivity contribution in [3.05, 3.63) is 16.9 Å². The Labute approximate surface area is 147 Å². The van der Waals surface area contributed by atoms with E-state index in [-0.39, 0.29) is 6.04 Å². The number of amides is 1. The lowest BCUT2D eigenvalue weighted by Gasteiger charge is -2.22. The number of aliphatic hydroxyl groups is 1. The zero-order chi connectivity index (χ0) is 17.3. The monoisotopic (exact) mass is 397 g/mol. The highest BCUT2D eigenvalue weighted by atomic mass is 79.9. The van der Waals surface area contributed by atoms with Crippen LogP contribution in [0.4, 0.5) is 16.2 Å². The normalized spacial score (nSPS) is 18.8. The fourth-order valence-corrected chi connectivity index (χ4v) is 3.57. The number of fused-ring (bicyclic) bond motifs is 1. The minimum Gasteiger partial charge on any atom is -0.465 e. The third kappa shape index (κ3) is 3.41. The second-order valence-corrected chi connectivity index (χ2v) is 6.85. The molecule has 2 atom stereocenters. The molecule has 1 fully saturated rings. The van der Waals surface area contributed by atoms with Crippen molar-refractivity contribution in [3.8, 4) is 0 Å². The predicted octanol–water partition coefficient (Wildman–Crippen LogP) is 1.96. The van der Waals surface area contributed by atoms with Crippen LogP contribution in [0.3, 0.4) is 0 Å². The SMILES string of the molecule is C[C@H](O)CNc1c[nH]c2ncc(Br)c(N3CC[C@@H](NC(=O)O)C3)c12. The molecule has 3 rings (SSSR count). The Hall–Kier alpha value is -2.00. The van der Waals surface area contributed by atoms with E-state index in [4.69, 9.17) is 5.11 Å². The maximum absolute atomic E-state index is 10.9. The van der Waals surface area contributed by atoms with Crippen LogP contribution < -0.4 is 15.5 Å². The number of hydrogen-bond acceptors (Lipinski definition) is 5. The Morgan fingerprint density at radius 2 is 2.42 bits per heavy atom. The summed E-state index contributed by atoms with van der Waals surface area (Å²) in [6.07, 6.45) is 2.86. The molecule has 130 valence electrons. The maximum atomic E-state index is 10.9. The van der Waals surface area contributed by atoms with Crippen molar-refractivity contribution < 1.29 is 15.0 Å². The second kappa shape index (κ2) is 6.86. The fraction of sp³-hybridized carbons (Fsp3) is 0.467. The van der Waals surface area contributed by atoms with E-state index < -0.39 is 12.2 Å². The van der Waals surface area contributed by atoms with Crippen LogP contribution in [-0.2, 0) is 0 Å². The largest absolute Gasteiger partial charge is 0.465 e. The number of nitrogens with zero attached hydrogens (tertiary/aromatic N) is 2. The summed E-state index contributed by atoms with van der Waals surface area (Å²) >= 11 is 3.57. The molecule has 0 unspecified atom stereocenters. The summed E-state index contributed by atoms with van der Waals surface area (Å²) in [7, 11) is 0. The Morgan fingerprint density at radius 3 is 3.12 bits per heavy atom. The average Bonchev–Trinajstić information content (AvgIpc) is 3.11. The number of aromatic nitrogens is 2. The molecule has 0 saturated carbocycles. The molecule has 3 heterocycles. The van der Waals surface area contributed by atoms with Gasteiger partial charge in [0.2, 0.25) is 0 Å². The molecule has 0 aliphatic carbocycles. The minimum absolute atomic E-state index is 0.0922. The first kappa shape index (κ1) is 16.8. The van der Waals surface area contributed by atoms with Gasteiger partial charge in [0, 0.05) is 32.0 Å². The van der Waals surface area contributed by atoms with E-state index in [9.17, 15) is 9.90 Å². The van der Waals surface area contributed by atoms with E-state index in [1.165, 1.54) is 0 Å². The Balaban J connectivity index is 1.93. The van der Waals surface area contributed by atoms with Crippen molar-refractivity contribution in [1.29, 1.82) is 0 Å². The van der Waals surface area contributed by atoms with Crippen LogP contribution >= 0.6 is 15.9 Å². The molecule has 1 aliphatic heterocycles. The van der Waals surface area contributed by atoms with Crippen LogP contribution in [0.2, 0.25) is 0 Å². The van der Waals surface area contributed by atoms with Gasteiger partial charge < -0.3 is 30.7 Å². The second-order valence-electron chi connectivity index (χ2n) is 5.99. The van der Waals surface area contributed by atoms with E-state index >= 15 is 0 Å². The first-order chi connectivity index (χ1) is 11.5. The lowest BCUT2D eigenvalue weighted by atomic mass is 10.2. The zero-order valence-corrected chi connectivity index (χ0v) is 14.8. The predicted molar refractivity (Wildman–Crippen MR) is 95.7 cm³/mol. The lowest BCUT2D eigenvalue weighted by Crippen LogP contribution is -2.36. The minimum atomic E-state index is -0.998. The van der Waals surface area contributed by atoms with Gasteiger partial charge in [-0.25, -0.2) is 9.78 Å². The van der Waals surface area contributed by atoms with E-state index in [2.05, 4.69) is 41.4 Å². The molecule has 2 aromatic rings. The van der Waals surface area contributed by atoms with Crippen molar-refractivity contribution in [2.45, 2.75) is 25.5 Å². The molecule has 24 heavy (non-hydrogen) atoms. The number of anilines is 2. The molecule has 8 nitrogen and oxygen atoms in total. The van der Waals surface area contributed by atoms with Crippen molar-refractivity contribution in [2.24, 2.45) is 0 Å². The summed E-state index contributed by atoms with van der Waals surface area (Å²) in [5.41, 5.74) is 2.59. The molecule has 5 N–H and O–H groups in total. The quantitative estimate of drug-likeness (QED) is 0.526. The summed E-state index contributed by atoms with van der Waals surface area (Å²) in [6, 6.07) is -0.0922. The van der Waals surface area contributed by atoms with Gasteiger partial charge in [-0.3, -0.25) is 0 Å². The molecule has 1 aliphatic rings. The summed E-state index contributed by atoms with van der Waals surface area (Å²) in [6.45, 7) is 3.51. The average molecular weight is 398 g/mol. The topological polar surface area (TPSA) is 114 Å². The number of aromatic amines is 1. The van der Waals surface area contributed by atoms with Gasteiger partial charge in [-0.15, -0.1) is 0 Å². The van der Waals surface area contributed by atoms with E-state index in [1.807, 2.05) is 6.20 Å². The number of nitrogens with one attached hydrogen (secondary N) is 3. The number of carbonyl (C=O) groups is 1. The van der Waals surface area contributed by atoms with E-state index in [1.54, 1.807) is 13.1 Å². The van der Waals surface area contributed by atoms with Gasteiger partial charge in [0.1, 0.15) is 5.65 Å². The third-order valence-corrected chi connectivity index (χ3v) is 4.63. The van der Waals surface area contributed by atoms with Crippen molar-refractivity contribution in [3.63, 3.8) is 0 Å². The number of carboxylic acid groups (broad SMARTS) is 1. The molecule has 0 radical (unpaired) electrons. The highest BCUT2D eigenvalue weighted by molar-refractivity contribution is 9.10. The van der Waals surface area contributed by atoms with Gasteiger partial charge in [-0.2, -0.15) is 0 Å². The maximum Gasteiger partial charge on any atom is 0.404 e. The van der Waals surface area contributed by atoms with Crippen LogP contribution in [0.25, 0.3) is 11.0 Å². The first-order valence-corrected chi connectivity index (χ1v) is 8.57. The summed E-state index contributed by atoms with van der Waals surface area (Å²) in [5.74, 6) is 0. The Bertz CT molecular complexity index is 748. The zero-order valence-electron chi connectivity index (χ0n) is 13.2. The number of hydrogen-bond donors (Lipinski definition) is 5. The van der Waals surface area contributed by atoms with Crippen LogP contribution in [0.1, 0.15) is 13.3 Å². The standard InChI is InChI=1S/C15H20BrN5O3/c1-8(22)4-17-11-6-19-14-12(11)13(10(16)5-18-14)21-3-2-9(7-21)20-15(23)24/h5-6,8-9,17,20,22H,2-4,7H2,1H3,(H,18,19)(H,23,24)/t8-,9+/m0/s1. The Morgan fingerprint density at radius 1 is 1.62 bits per heavy atom. The molecule has 0 spiro atoms. The van der Waals surface area contributed by atoms with Crippen LogP contribution in [0, 0.1) is 0 Å². The van der Waals surface area contributed by atoms with Crippen molar-refractivity contribution >= 4 is 44.4 Å². The summed E-state index contributed by atoms with van der Waals surface area (Å²) in [4.78, 5) is 20.5. The smallest absolute Gasteiger partial charge is 0.404 e. The van der Waals surface area contributed by atoms with Gasteiger partial charge in [0.25, 0.3) is 0 Å². The van der Waals surface area contributed by atoms with Gasteiger partial charge in [0.05, 0.1) is 33.4 Å². The lowest BCUT2D eigenvalue weighted by molar-refractivity contribution is 0.191. The van der Waals surface area contributed by atoms with Crippen molar-refractivity contribution in [2.75, 3.05) is 29.9 Å². The molecule has 0 bridgehead atoms. The van der Waals surface area contributed by atoms with Crippen LogP contribution in [-0.4, -0.2) is 58.1 Å². The van der Waals surface area contributed by atoms with Crippen molar-refractivity contribution in [1.82, 2.24) is 15.3 Å². The number of rotatable bonds is 5. The summed E-state index contributed by atoms with van der Waals surface area (Å²) in [5, 5.41) is 25.1. The molecule has 2 aromatic heterocycles. The number of aliphatic hydroxyl groups excluding tert-OH is 1. The van der Waals surface area contributed by atoms with Crippen LogP contribution in [0.15, 0.2) is 16.9 Å². The number of H-pyrrole nitrogens is 1. The molecular weight excluding hydrogens is 378 g/mol. The van der Waals surface area contributed by atoms with Gasteiger partial charge in [0.15, 0.2) is 0 Å². The number of halogens is 1. The molecule has 0 aromatic carbocycles. The number of pyridine rings is 1. The van der Waals surface area contributed by atoms with Crippen LogP contribution in [0.5, 0.6) is 0 Å². The fourth-order valence-electron chi connectivity index (χ4n) is 3.02.